The molecule has 0 fully saturated rings. The second-order valence-corrected chi connectivity index (χ2v) is 8.77. The molecule has 146 valence electrons. The highest BCUT2D eigenvalue weighted by Gasteiger charge is 2.18. The van der Waals surface area contributed by atoms with Crippen molar-refractivity contribution in [1.29, 1.82) is 0 Å². The SMILES string of the molecule is CCCC(=O)Nc1nc(-c2ccc(C(C)(C)C)cc2)c(-c2cc[n+]([O-])cc2)s1. The number of amides is 1. The number of thiazole rings is 1. The Balaban J connectivity index is 2.03. The molecule has 1 aromatic carbocycles. The van der Waals surface area contributed by atoms with Crippen LogP contribution in [0.5, 0.6) is 0 Å². The van der Waals surface area contributed by atoms with E-state index >= 15 is 0 Å². The Morgan fingerprint density at radius 1 is 1.11 bits per heavy atom. The smallest absolute Gasteiger partial charge is 0.226 e. The number of nitrogens with zero attached hydrogens (tertiary/aromatic N) is 2. The van der Waals surface area contributed by atoms with E-state index in [9.17, 15) is 10.0 Å². The standard InChI is InChI=1S/C22H25N3O2S/c1-5-6-18(26)23-21-24-19(15-7-9-17(10-8-15)22(2,3)4)20(28-21)16-11-13-25(27)14-12-16/h7-14H,5-6H2,1-4H3,(H,23,24,26). The summed E-state index contributed by atoms with van der Waals surface area (Å²) in [5, 5.41) is 14.9. The van der Waals surface area contributed by atoms with Crippen LogP contribution < -0.4 is 10.0 Å². The first-order valence-electron chi connectivity index (χ1n) is 9.38. The van der Waals surface area contributed by atoms with Gasteiger partial charge in [0, 0.05) is 29.7 Å². The van der Waals surface area contributed by atoms with Crippen LogP contribution in [0.2, 0.25) is 0 Å². The van der Waals surface area contributed by atoms with E-state index in [0.717, 1.165) is 32.8 Å². The van der Waals surface area contributed by atoms with Crippen LogP contribution in [-0.2, 0) is 10.2 Å². The summed E-state index contributed by atoms with van der Waals surface area (Å²) in [5.41, 5.74) is 4.01. The lowest BCUT2D eigenvalue weighted by Crippen LogP contribution is -2.23. The minimum Gasteiger partial charge on any atom is -0.619 e. The maximum atomic E-state index is 12.0. The van der Waals surface area contributed by atoms with Gasteiger partial charge < -0.3 is 10.5 Å². The van der Waals surface area contributed by atoms with Crippen LogP contribution in [0.3, 0.4) is 0 Å². The summed E-state index contributed by atoms with van der Waals surface area (Å²) in [6.45, 7) is 8.51. The summed E-state index contributed by atoms with van der Waals surface area (Å²) >= 11 is 1.42. The molecule has 0 saturated carbocycles. The van der Waals surface area contributed by atoms with Crippen LogP contribution in [-0.4, -0.2) is 10.9 Å². The van der Waals surface area contributed by atoms with Gasteiger partial charge in [-0.2, -0.15) is 4.73 Å². The van der Waals surface area contributed by atoms with Gasteiger partial charge in [-0.1, -0.05) is 63.3 Å². The number of hydrogen-bond acceptors (Lipinski definition) is 4. The Hall–Kier alpha value is -2.73. The molecule has 6 heteroatoms. The van der Waals surface area contributed by atoms with Crippen molar-refractivity contribution in [2.24, 2.45) is 0 Å². The Bertz CT molecular complexity index is 955. The molecule has 0 radical (unpaired) electrons. The lowest BCUT2D eigenvalue weighted by Gasteiger charge is -2.19. The fraction of sp³-hybridized carbons (Fsp3) is 0.318. The molecule has 28 heavy (non-hydrogen) atoms. The van der Waals surface area contributed by atoms with E-state index in [2.05, 4.69) is 50.4 Å². The van der Waals surface area contributed by atoms with E-state index in [4.69, 9.17) is 4.98 Å². The molecule has 0 aliphatic heterocycles. The van der Waals surface area contributed by atoms with Crippen LogP contribution in [0.1, 0.15) is 46.1 Å². The molecule has 5 nitrogen and oxygen atoms in total. The molecule has 0 aliphatic carbocycles. The molecule has 2 aromatic heterocycles. The molecule has 0 bridgehead atoms. The summed E-state index contributed by atoms with van der Waals surface area (Å²) in [5.74, 6) is -0.0390. The van der Waals surface area contributed by atoms with Gasteiger partial charge in [0.2, 0.25) is 5.91 Å². The normalized spacial score (nSPS) is 11.4. The fourth-order valence-corrected chi connectivity index (χ4v) is 3.88. The Morgan fingerprint density at radius 2 is 1.75 bits per heavy atom. The molecule has 1 N–H and O–H groups in total. The largest absolute Gasteiger partial charge is 0.619 e. The average Bonchev–Trinajstić information content (AvgIpc) is 3.05. The zero-order valence-corrected chi connectivity index (χ0v) is 17.5. The summed E-state index contributed by atoms with van der Waals surface area (Å²) in [6, 6.07) is 11.9. The molecular weight excluding hydrogens is 370 g/mol. The highest BCUT2D eigenvalue weighted by molar-refractivity contribution is 7.19. The number of pyridine rings is 1. The van der Waals surface area contributed by atoms with E-state index in [1.54, 1.807) is 12.1 Å². The van der Waals surface area contributed by atoms with Crippen LogP contribution in [0.4, 0.5) is 5.13 Å². The number of carbonyl (C=O) groups is 1. The zero-order chi connectivity index (χ0) is 20.3. The van der Waals surface area contributed by atoms with Gasteiger partial charge >= 0.3 is 0 Å². The predicted molar refractivity (Wildman–Crippen MR) is 114 cm³/mol. The minimum atomic E-state index is -0.0390. The number of anilines is 1. The summed E-state index contributed by atoms with van der Waals surface area (Å²) < 4.78 is 0.756. The third-order valence-electron chi connectivity index (χ3n) is 4.44. The first-order valence-corrected chi connectivity index (χ1v) is 10.2. The molecule has 2 heterocycles. The molecular formula is C22H25N3O2S. The number of aromatic nitrogens is 2. The number of benzene rings is 1. The van der Waals surface area contributed by atoms with Gasteiger partial charge in [-0.05, 0) is 17.4 Å². The average molecular weight is 396 g/mol. The minimum absolute atomic E-state index is 0.0390. The van der Waals surface area contributed by atoms with Gasteiger partial charge in [-0.15, -0.1) is 0 Å². The molecule has 0 atom stereocenters. The number of hydrogen-bond donors (Lipinski definition) is 1. The number of rotatable bonds is 5. The third kappa shape index (κ3) is 4.57. The quantitative estimate of drug-likeness (QED) is 0.480. The van der Waals surface area contributed by atoms with Crippen molar-refractivity contribution in [3.05, 3.63) is 59.6 Å². The lowest BCUT2D eigenvalue weighted by atomic mass is 9.86. The molecule has 3 rings (SSSR count). The van der Waals surface area contributed by atoms with E-state index in [-0.39, 0.29) is 11.3 Å². The zero-order valence-electron chi connectivity index (χ0n) is 16.7. The van der Waals surface area contributed by atoms with Crippen LogP contribution in [0.15, 0.2) is 48.8 Å². The van der Waals surface area contributed by atoms with Crippen LogP contribution in [0.25, 0.3) is 21.7 Å². The van der Waals surface area contributed by atoms with Gasteiger partial charge in [0.05, 0.1) is 10.6 Å². The Kier molecular flexibility index (Phi) is 5.79. The number of nitrogens with one attached hydrogen (secondary N) is 1. The second-order valence-electron chi connectivity index (χ2n) is 7.77. The summed E-state index contributed by atoms with van der Waals surface area (Å²) in [7, 11) is 0. The van der Waals surface area contributed by atoms with Gasteiger partial charge in [0.1, 0.15) is 0 Å². The van der Waals surface area contributed by atoms with Crippen molar-refractivity contribution in [2.45, 2.75) is 46.0 Å². The van der Waals surface area contributed by atoms with Gasteiger partial charge in [0.15, 0.2) is 17.5 Å². The highest BCUT2D eigenvalue weighted by atomic mass is 32.1. The molecule has 0 aliphatic rings. The molecule has 1 amide bonds. The van der Waals surface area contributed by atoms with E-state index in [1.165, 1.54) is 29.3 Å². The van der Waals surface area contributed by atoms with Crippen LogP contribution in [0, 0.1) is 5.21 Å². The summed E-state index contributed by atoms with van der Waals surface area (Å²) in [4.78, 5) is 17.6. The first kappa shape index (κ1) is 20.0. The Labute approximate surface area is 169 Å². The van der Waals surface area contributed by atoms with Crippen molar-refractivity contribution >= 4 is 22.4 Å². The van der Waals surface area contributed by atoms with E-state index in [1.807, 2.05) is 6.92 Å². The molecule has 0 unspecified atom stereocenters. The summed E-state index contributed by atoms with van der Waals surface area (Å²) in [6.07, 6.45) is 4.19. The van der Waals surface area contributed by atoms with Gasteiger partial charge in [-0.3, -0.25) is 4.79 Å². The monoisotopic (exact) mass is 395 g/mol. The van der Waals surface area contributed by atoms with Crippen molar-refractivity contribution in [2.75, 3.05) is 5.32 Å². The van der Waals surface area contributed by atoms with Crippen molar-refractivity contribution < 1.29 is 9.52 Å². The van der Waals surface area contributed by atoms with Crippen molar-refractivity contribution in [3.63, 3.8) is 0 Å². The van der Waals surface area contributed by atoms with Crippen molar-refractivity contribution in [3.8, 4) is 21.7 Å². The third-order valence-corrected chi connectivity index (χ3v) is 5.46. The maximum absolute atomic E-state index is 12.0. The van der Waals surface area contributed by atoms with Crippen molar-refractivity contribution in [1.82, 2.24) is 4.98 Å². The highest BCUT2D eigenvalue weighted by Crippen LogP contribution is 2.39. The second kappa shape index (κ2) is 8.10. The Morgan fingerprint density at radius 3 is 2.32 bits per heavy atom. The van der Waals surface area contributed by atoms with Gasteiger partial charge in [0.25, 0.3) is 0 Å². The first-order chi connectivity index (χ1) is 13.3. The van der Waals surface area contributed by atoms with E-state index < -0.39 is 0 Å². The fourth-order valence-electron chi connectivity index (χ4n) is 2.87. The number of carbonyl (C=O) groups excluding carboxylic acids is 1. The van der Waals surface area contributed by atoms with Gasteiger partial charge in [-0.25, -0.2) is 4.98 Å². The van der Waals surface area contributed by atoms with E-state index in [0.29, 0.717) is 11.6 Å². The predicted octanol–water partition coefficient (Wildman–Crippen LogP) is 5.15. The molecule has 3 aromatic rings. The topological polar surface area (TPSA) is 68.9 Å². The molecule has 0 spiro atoms. The maximum Gasteiger partial charge on any atom is 0.226 e. The van der Waals surface area contributed by atoms with Crippen LogP contribution >= 0.6 is 11.3 Å². The molecule has 0 saturated heterocycles. The lowest BCUT2D eigenvalue weighted by molar-refractivity contribution is -0.605.